The minimum absolute atomic E-state index is 0. The summed E-state index contributed by atoms with van der Waals surface area (Å²) in [4.78, 5) is 24.2. The smallest absolute Gasteiger partial charge is 0.225 e. The number of aromatic nitrogens is 2. The number of imidazole rings is 1. The van der Waals surface area contributed by atoms with Gasteiger partial charge in [-0.05, 0) is 51.2 Å². The third kappa shape index (κ3) is 6.83. The predicted molar refractivity (Wildman–Crippen MR) is 142 cm³/mol. The number of guanidine groups is 1. The summed E-state index contributed by atoms with van der Waals surface area (Å²) < 4.78 is 2.08. The molecule has 0 saturated carbocycles. The lowest BCUT2D eigenvalue weighted by Gasteiger charge is -2.34. The molecule has 7 nitrogen and oxygen atoms in total. The average molecular weight is 555 g/mol. The van der Waals surface area contributed by atoms with Gasteiger partial charge < -0.3 is 19.9 Å². The standard InChI is InChI=1S/C24H38N6O.HI/c1-5-19(6-2)23(31)29-15-11-20(12-16-29)28-24(25-7-3)26-13-10-21-17-30-14-8-9-18(4)22(30)27-21;/h8-9,14,17,19-20H,5-7,10-13,15-16H2,1-4H3,(H2,25,26,28);1H. The SMILES string of the molecule is CCNC(=NCCc1cn2cccc(C)c2n1)NC1CCN(C(=O)C(CC)CC)CC1.I. The Hall–Kier alpha value is -1.84. The van der Waals surface area contributed by atoms with Gasteiger partial charge >= 0.3 is 0 Å². The van der Waals surface area contributed by atoms with Crippen molar-refractivity contribution < 1.29 is 4.79 Å². The zero-order chi connectivity index (χ0) is 22.2. The van der Waals surface area contributed by atoms with E-state index >= 15 is 0 Å². The Bertz CT molecular complexity index is 884. The molecule has 0 unspecified atom stereocenters. The van der Waals surface area contributed by atoms with Gasteiger partial charge in [0.25, 0.3) is 0 Å². The molecule has 0 atom stereocenters. The lowest BCUT2D eigenvalue weighted by molar-refractivity contribution is -0.136. The molecule has 1 aliphatic rings. The molecule has 1 fully saturated rings. The lowest BCUT2D eigenvalue weighted by atomic mass is 9.98. The molecule has 1 aliphatic heterocycles. The number of pyridine rings is 1. The van der Waals surface area contributed by atoms with Gasteiger partial charge in [-0.1, -0.05) is 19.9 Å². The minimum atomic E-state index is 0. The Morgan fingerprint density at radius 3 is 2.59 bits per heavy atom. The first-order chi connectivity index (χ1) is 15.0. The quantitative estimate of drug-likeness (QED) is 0.296. The van der Waals surface area contributed by atoms with Gasteiger partial charge in [0, 0.05) is 57.0 Å². The molecule has 0 bridgehead atoms. The van der Waals surface area contributed by atoms with Gasteiger partial charge in [0.15, 0.2) is 5.96 Å². The molecular weight excluding hydrogens is 515 g/mol. The normalized spacial score (nSPS) is 15.2. The maximum Gasteiger partial charge on any atom is 0.225 e. The Morgan fingerprint density at radius 1 is 1.25 bits per heavy atom. The first-order valence-electron chi connectivity index (χ1n) is 11.8. The van der Waals surface area contributed by atoms with Crippen LogP contribution in [-0.4, -0.2) is 58.4 Å². The van der Waals surface area contributed by atoms with Crippen molar-refractivity contribution in [3.05, 3.63) is 35.8 Å². The zero-order valence-corrected chi connectivity index (χ0v) is 22.3. The highest BCUT2D eigenvalue weighted by Gasteiger charge is 2.26. The number of fused-ring (bicyclic) bond motifs is 1. The van der Waals surface area contributed by atoms with E-state index in [0.29, 0.717) is 18.5 Å². The fourth-order valence-corrected chi connectivity index (χ4v) is 4.26. The third-order valence-corrected chi connectivity index (χ3v) is 6.19. The van der Waals surface area contributed by atoms with E-state index < -0.39 is 0 Å². The minimum Gasteiger partial charge on any atom is -0.357 e. The van der Waals surface area contributed by atoms with Crippen LogP contribution in [0.15, 0.2) is 29.5 Å². The molecule has 1 amide bonds. The van der Waals surface area contributed by atoms with Crippen molar-refractivity contribution in [1.29, 1.82) is 0 Å². The van der Waals surface area contributed by atoms with E-state index in [4.69, 9.17) is 9.98 Å². The van der Waals surface area contributed by atoms with Gasteiger partial charge in [-0.3, -0.25) is 9.79 Å². The van der Waals surface area contributed by atoms with Crippen molar-refractivity contribution in [3.8, 4) is 0 Å². The maximum atomic E-state index is 12.6. The van der Waals surface area contributed by atoms with Crippen LogP contribution in [0.3, 0.4) is 0 Å². The second-order valence-electron chi connectivity index (χ2n) is 8.42. The number of nitrogens with one attached hydrogen (secondary N) is 2. The second-order valence-corrected chi connectivity index (χ2v) is 8.42. The molecule has 3 heterocycles. The topological polar surface area (TPSA) is 74.0 Å². The highest BCUT2D eigenvalue weighted by atomic mass is 127. The molecule has 2 aromatic rings. The molecule has 3 rings (SSSR count). The Kier molecular flexibility index (Phi) is 10.7. The van der Waals surface area contributed by atoms with Crippen molar-refractivity contribution in [3.63, 3.8) is 0 Å². The van der Waals surface area contributed by atoms with Crippen LogP contribution in [0.2, 0.25) is 0 Å². The lowest BCUT2D eigenvalue weighted by Crippen LogP contribution is -2.50. The number of hydrogen-bond acceptors (Lipinski definition) is 3. The summed E-state index contributed by atoms with van der Waals surface area (Å²) in [6, 6.07) is 4.48. The number of aryl methyl sites for hydroxylation is 1. The molecule has 178 valence electrons. The molecule has 32 heavy (non-hydrogen) atoms. The second kappa shape index (κ2) is 13.0. The van der Waals surface area contributed by atoms with Crippen LogP contribution in [0.5, 0.6) is 0 Å². The van der Waals surface area contributed by atoms with Gasteiger partial charge in [-0.2, -0.15) is 0 Å². The molecule has 2 N–H and O–H groups in total. The van der Waals surface area contributed by atoms with Crippen LogP contribution in [0.1, 0.15) is 57.7 Å². The fraction of sp³-hybridized carbons (Fsp3) is 0.625. The highest BCUT2D eigenvalue weighted by Crippen LogP contribution is 2.17. The first kappa shape index (κ1) is 26.4. The number of nitrogens with zero attached hydrogens (tertiary/aromatic N) is 4. The molecule has 1 saturated heterocycles. The van der Waals surface area contributed by atoms with Crippen molar-refractivity contribution >= 4 is 41.5 Å². The van der Waals surface area contributed by atoms with Crippen LogP contribution in [0.25, 0.3) is 5.65 Å². The van der Waals surface area contributed by atoms with E-state index in [-0.39, 0.29) is 29.9 Å². The van der Waals surface area contributed by atoms with Gasteiger partial charge in [0.1, 0.15) is 5.65 Å². The van der Waals surface area contributed by atoms with E-state index in [1.54, 1.807) is 0 Å². The Labute approximate surface area is 209 Å². The number of halogens is 1. The van der Waals surface area contributed by atoms with Crippen LogP contribution in [-0.2, 0) is 11.2 Å². The van der Waals surface area contributed by atoms with Crippen molar-refractivity contribution in [2.45, 2.75) is 65.8 Å². The number of aliphatic imine (C=N–C) groups is 1. The van der Waals surface area contributed by atoms with E-state index in [1.807, 2.05) is 17.2 Å². The van der Waals surface area contributed by atoms with Gasteiger partial charge in [0.2, 0.25) is 5.91 Å². The largest absolute Gasteiger partial charge is 0.357 e. The Morgan fingerprint density at radius 2 is 1.97 bits per heavy atom. The molecule has 2 aromatic heterocycles. The van der Waals surface area contributed by atoms with E-state index in [0.717, 1.165) is 69.0 Å². The van der Waals surface area contributed by atoms with Crippen LogP contribution < -0.4 is 10.6 Å². The van der Waals surface area contributed by atoms with Crippen molar-refractivity contribution in [1.82, 2.24) is 24.9 Å². The number of likely N-dealkylation sites (tertiary alicyclic amines) is 1. The zero-order valence-electron chi connectivity index (χ0n) is 19.9. The summed E-state index contributed by atoms with van der Waals surface area (Å²) >= 11 is 0. The molecule has 0 spiro atoms. The van der Waals surface area contributed by atoms with Gasteiger partial charge in [-0.25, -0.2) is 4.98 Å². The highest BCUT2D eigenvalue weighted by molar-refractivity contribution is 14.0. The monoisotopic (exact) mass is 554 g/mol. The summed E-state index contributed by atoms with van der Waals surface area (Å²) in [5.41, 5.74) is 3.25. The number of carbonyl (C=O) groups is 1. The number of rotatable bonds is 8. The Balaban J connectivity index is 0.00000363. The molecule has 0 aromatic carbocycles. The summed E-state index contributed by atoms with van der Waals surface area (Å²) in [6.07, 6.45) is 8.70. The average Bonchev–Trinajstić information content (AvgIpc) is 3.19. The molecule has 8 heteroatoms. The van der Waals surface area contributed by atoms with Gasteiger partial charge in [0.05, 0.1) is 5.69 Å². The number of piperidine rings is 1. The molecule has 0 radical (unpaired) electrons. The van der Waals surface area contributed by atoms with E-state index in [9.17, 15) is 4.79 Å². The first-order valence-corrected chi connectivity index (χ1v) is 11.8. The predicted octanol–water partition coefficient (Wildman–Crippen LogP) is 3.79. The van der Waals surface area contributed by atoms with Crippen molar-refractivity contribution in [2.24, 2.45) is 10.9 Å². The summed E-state index contributed by atoms with van der Waals surface area (Å²) in [5.74, 6) is 1.35. The van der Waals surface area contributed by atoms with E-state index in [2.05, 4.69) is 55.0 Å². The maximum absolute atomic E-state index is 12.6. The molecular formula is C24H39IN6O. The molecule has 0 aliphatic carbocycles. The fourth-order valence-electron chi connectivity index (χ4n) is 4.26. The summed E-state index contributed by atoms with van der Waals surface area (Å²) in [6.45, 7) is 11.5. The van der Waals surface area contributed by atoms with Crippen LogP contribution in [0, 0.1) is 12.8 Å². The van der Waals surface area contributed by atoms with Gasteiger partial charge in [-0.15, -0.1) is 24.0 Å². The summed E-state index contributed by atoms with van der Waals surface area (Å²) in [5, 5.41) is 6.93. The third-order valence-electron chi connectivity index (χ3n) is 6.19. The van der Waals surface area contributed by atoms with Crippen molar-refractivity contribution in [2.75, 3.05) is 26.2 Å². The van der Waals surface area contributed by atoms with Crippen LogP contribution in [0.4, 0.5) is 0 Å². The number of amides is 1. The summed E-state index contributed by atoms with van der Waals surface area (Å²) in [7, 11) is 0. The van der Waals surface area contributed by atoms with E-state index in [1.165, 1.54) is 5.56 Å². The van der Waals surface area contributed by atoms with Crippen LogP contribution >= 0.6 is 24.0 Å². The number of carbonyl (C=O) groups excluding carboxylic acids is 1. The number of hydrogen-bond donors (Lipinski definition) is 2.